The summed E-state index contributed by atoms with van der Waals surface area (Å²) < 4.78 is 5.12. The maximum Gasteiger partial charge on any atom is 0.330 e. The van der Waals surface area contributed by atoms with Crippen molar-refractivity contribution in [2.45, 2.75) is 49.6 Å². The highest BCUT2D eigenvalue weighted by Gasteiger charge is 2.53. The number of amides is 3. The van der Waals surface area contributed by atoms with Gasteiger partial charge < -0.3 is 19.9 Å². The largest absolute Gasteiger partial charge is 0.454 e. The SMILES string of the molecule is CN(CC(=O)NC1CC1)C(=O)COC(=O)[C@@H]1CS[C@]2(C)CCC(=O)N12. The highest BCUT2D eigenvalue weighted by atomic mass is 32.2. The predicted molar refractivity (Wildman–Crippen MR) is 90.5 cm³/mol. The van der Waals surface area contributed by atoms with Crippen molar-refractivity contribution < 1.29 is 23.9 Å². The molecule has 1 saturated carbocycles. The molecule has 0 aromatic heterocycles. The van der Waals surface area contributed by atoms with E-state index in [0.717, 1.165) is 19.3 Å². The standard InChI is InChI=1S/C16H23N3O5S/c1-16-6-5-13(21)19(16)11(9-25-16)15(23)24-8-14(22)18(2)7-12(20)17-10-3-4-10/h10-11H,3-9H2,1-2H3,(H,17,20)/t11-,16+/m0/s1. The van der Waals surface area contributed by atoms with Crippen molar-refractivity contribution in [3.8, 4) is 0 Å². The van der Waals surface area contributed by atoms with Crippen molar-refractivity contribution in [1.29, 1.82) is 0 Å². The normalized spacial score (nSPS) is 27.8. The van der Waals surface area contributed by atoms with Gasteiger partial charge in [-0.1, -0.05) is 0 Å². The van der Waals surface area contributed by atoms with E-state index in [2.05, 4.69) is 5.32 Å². The number of carbonyl (C=O) groups excluding carboxylic acids is 4. The fraction of sp³-hybridized carbons (Fsp3) is 0.750. The molecule has 0 spiro atoms. The number of fused-ring (bicyclic) bond motifs is 1. The number of nitrogens with one attached hydrogen (secondary N) is 1. The van der Waals surface area contributed by atoms with Gasteiger partial charge in [0.2, 0.25) is 11.8 Å². The van der Waals surface area contributed by atoms with Crippen LogP contribution in [0.2, 0.25) is 0 Å². The summed E-state index contributed by atoms with van der Waals surface area (Å²) in [7, 11) is 1.50. The second-order valence-corrected chi connectivity index (χ2v) is 8.47. The number of likely N-dealkylation sites (N-methyl/N-ethyl adjacent to an activating group) is 1. The maximum absolute atomic E-state index is 12.3. The Labute approximate surface area is 150 Å². The minimum Gasteiger partial charge on any atom is -0.454 e. The molecule has 0 radical (unpaired) electrons. The zero-order chi connectivity index (χ0) is 18.2. The Bertz CT molecular complexity index is 609. The number of nitrogens with zero attached hydrogens (tertiary/aromatic N) is 2. The summed E-state index contributed by atoms with van der Waals surface area (Å²) in [5, 5.41) is 2.80. The van der Waals surface area contributed by atoms with Gasteiger partial charge in [-0.2, -0.15) is 0 Å². The third-order valence-electron chi connectivity index (χ3n) is 4.80. The van der Waals surface area contributed by atoms with Crippen molar-refractivity contribution >= 4 is 35.5 Å². The van der Waals surface area contributed by atoms with Gasteiger partial charge in [0.1, 0.15) is 6.04 Å². The molecule has 2 heterocycles. The van der Waals surface area contributed by atoms with Crippen LogP contribution in [0.3, 0.4) is 0 Å². The van der Waals surface area contributed by atoms with Crippen LogP contribution in [0.25, 0.3) is 0 Å². The summed E-state index contributed by atoms with van der Waals surface area (Å²) in [4.78, 5) is 50.5. The lowest BCUT2D eigenvalue weighted by atomic mass is 10.2. The molecule has 25 heavy (non-hydrogen) atoms. The fourth-order valence-electron chi connectivity index (χ4n) is 3.14. The second kappa shape index (κ2) is 6.86. The molecule has 9 heteroatoms. The van der Waals surface area contributed by atoms with Gasteiger partial charge in [-0.15, -0.1) is 11.8 Å². The molecular weight excluding hydrogens is 346 g/mol. The van der Waals surface area contributed by atoms with Crippen LogP contribution in [-0.2, 0) is 23.9 Å². The summed E-state index contributed by atoms with van der Waals surface area (Å²) in [5.74, 6) is -0.782. The van der Waals surface area contributed by atoms with E-state index in [1.807, 2.05) is 6.92 Å². The van der Waals surface area contributed by atoms with Gasteiger partial charge in [0.05, 0.1) is 11.4 Å². The molecular formula is C16H23N3O5S. The Kier molecular flexibility index (Phi) is 4.95. The molecule has 3 amide bonds. The maximum atomic E-state index is 12.3. The van der Waals surface area contributed by atoms with Crippen LogP contribution >= 0.6 is 11.8 Å². The molecule has 0 aromatic rings. The van der Waals surface area contributed by atoms with Crippen molar-refractivity contribution in [3.63, 3.8) is 0 Å². The number of rotatable bonds is 6. The third kappa shape index (κ3) is 3.91. The minimum atomic E-state index is -0.638. The van der Waals surface area contributed by atoms with Gasteiger partial charge in [0, 0.05) is 25.3 Å². The summed E-state index contributed by atoms with van der Waals surface area (Å²) in [6, 6.07) is -0.401. The molecule has 3 rings (SSSR count). The quantitative estimate of drug-likeness (QED) is 0.647. The lowest BCUT2D eigenvalue weighted by Gasteiger charge is -2.29. The molecule has 1 aliphatic carbocycles. The summed E-state index contributed by atoms with van der Waals surface area (Å²) in [6.07, 6.45) is 3.12. The van der Waals surface area contributed by atoms with Gasteiger partial charge in [0.15, 0.2) is 6.61 Å². The van der Waals surface area contributed by atoms with Crippen molar-refractivity contribution in [1.82, 2.24) is 15.1 Å². The Morgan fingerprint density at radius 3 is 2.80 bits per heavy atom. The first-order valence-electron chi connectivity index (χ1n) is 8.46. The molecule has 1 N–H and O–H groups in total. The average molecular weight is 369 g/mol. The van der Waals surface area contributed by atoms with E-state index < -0.39 is 24.5 Å². The van der Waals surface area contributed by atoms with Crippen LogP contribution in [0.4, 0.5) is 0 Å². The smallest absolute Gasteiger partial charge is 0.330 e. The first-order valence-corrected chi connectivity index (χ1v) is 9.45. The van der Waals surface area contributed by atoms with Gasteiger partial charge in [-0.25, -0.2) is 4.79 Å². The van der Waals surface area contributed by atoms with Crippen LogP contribution in [0.1, 0.15) is 32.6 Å². The first kappa shape index (κ1) is 18.0. The van der Waals surface area contributed by atoms with Gasteiger partial charge in [-0.3, -0.25) is 14.4 Å². The zero-order valence-corrected chi connectivity index (χ0v) is 15.3. The number of esters is 1. The van der Waals surface area contributed by atoms with E-state index >= 15 is 0 Å². The Morgan fingerprint density at radius 2 is 2.12 bits per heavy atom. The first-order chi connectivity index (χ1) is 11.8. The Hall–Kier alpha value is -1.77. The van der Waals surface area contributed by atoms with Crippen LogP contribution in [0.15, 0.2) is 0 Å². The lowest BCUT2D eigenvalue weighted by molar-refractivity contribution is -0.158. The molecule has 0 bridgehead atoms. The van der Waals surface area contributed by atoms with Gasteiger partial charge in [0.25, 0.3) is 5.91 Å². The average Bonchev–Trinajstić information content (AvgIpc) is 3.22. The summed E-state index contributed by atoms with van der Waals surface area (Å²) in [5.41, 5.74) is 0. The van der Waals surface area contributed by atoms with E-state index in [-0.39, 0.29) is 29.3 Å². The topological polar surface area (TPSA) is 96.0 Å². The summed E-state index contributed by atoms with van der Waals surface area (Å²) in [6.45, 7) is 1.47. The molecule has 2 aliphatic heterocycles. The van der Waals surface area contributed by atoms with Gasteiger partial charge in [-0.05, 0) is 26.2 Å². The molecule has 8 nitrogen and oxygen atoms in total. The van der Waals surface area contributed by atoms with Crippen LogP contribution in [0, 0.1) is 0 Å². The number of carbonyl (C=O) groups is 4. The molecule has 3 fully saturated rings. The van der Waals surface area contributed by atoms with Crippen LogP contribution in [0.5, 0.6) is 0 Å². The van der Waals surface area contributed by atoms with Crippen molar-refractivity contribution in [2.75, 3.05) is 26.0 Å². The highest BCUT2D eigenvalue weighted by molar-refractivity contribution is 8.01. The van der Waals surface area contributed by atoms with E-state index in [1.54, 1.807) is 16.7 Å². The van der Waals surface area contributed by atoms with Crippen molar-refractivity contribution in [3.05, 3.63) is 0 Å². The highest BCUT2D eigenvalue weighted by Crippen LogP contribution is 2.47. The van der Waals surface area contributed by atoms with E-state index in [0.29, 0.717) is 12.2 Å². The number of hydrogen-bond acceptors (Lipinski definition) is 6. The van der Waals surface area contributed by atoms with E-state index in [1.165, 1.54) is 11.9 Å². The molecule has 138 valence electrons. The molecule has 0 aromatic carbocycles. The monoisotopic (exact) mass is 369 g/mol. The number of ether oxygens (including phenoxy) is 1. The molecule has 2 saturated heterocycles. The fourth-order valence-corrected chi connectivity index (χ4v) is 4.56. The molecule has 2 atom stereocenters. The Balaban J connectivity index is 1.46. The zero-order valence-electron chi connectivity index (χ0n) is 14.4. The second-order valence-electron chi connectivity index (χ2n) is 6.96. The van der Waals surface area contributed by atoms with E-state index in [9.17, 15) is 19.2 Å². The number of thioether (sulfide) groups is 1. The van der Waals surface area contributed by atoms with Crippen LogP contribution in [-0.4, -0.2) is 76.4 Å². The van der Waals surface area contributed by atoms with Crippen molar-refractivity contribution in [2.24, 2.45) is 0 Å². The third-order valence-corrected chi connectivity index (χ3v) is 6.31. The lowest BCUT2D eigenvalue weighted by Crippen LogP contribution is -2.47. The summed E-state index contributed by atoms with van der Waals surface area (Å²) >= 11 is 1.57. The van der Waals surface area contributed by atoms with Gasteiger partial charge >= 0.3 is 5.97 Å². The van der Waals surface area contributed by atoms with E-state index in [4.69, 9.17) is 4.74 Å². The predicted octanol–water partition coefficient (Wildman–Crippen LogP) is -0.279. The minimum absolute atomic E-state index is 0.0466. The number of hydrogen-bond donors (Lipinski definition) is 1. The molecule has 0 unspecified atom stereocenters. The Morgan fingerprint density at radius 1 is 1.40 bits per heavy atom. The molecule has 3 aliphatic rings. The van der Waals surface area contributed by atoms with Crippen LogP contribution < -0.4 is 5.32 Å².